The summed E-state index contributed by atoms with van der Waals surface area (Å²) in [6.07, 6.45) is 26.2. The first kappa shape index (κ1) is 33.1. The molecule has 5 aliphatic rings. The second-order valence-corrected chi connectivity index (χ2v) is 14.8. The molecule has 4 aromatic carbocycles. The van der Waals surface area contributed by atoms with Gasteiger partial charge in [0.1, 0.15) is 0 Å². The molecular weight excluding hydrogens is 615 g/mol. The minimum atomic E-state index is -0.108. The summed E-state index contributed by atoms with van der Waals surface area (Å²) in [5.74, 6) is 0. The van der Waals surface area contributed by atoms with Gasteiger partial charge >= 0.3 is 0 Å². The van der Waals surface area contributed by atoms with Crippen molar-refractivity contribution in [1.29, 1.82) is 0 Å². The molecule has 9 rings (SSSR count). The van der Waals surface area contributed by atoms with Crippen molar-refractivity contribution < 1.29 is 0 Å². The first-order valence-corrected chi connectivity index (χ1v) is 19.2. The van der Waals surface area contributed by atoms with Crippen molar-refractivity contribution in [2.45, 2.75) is 78.1 Å². The Hall–Kier alpha value is -5.10. The predicted octanol–water partition coefficient (Wildman–Crippen LogP) is 14.0. The Balaban J connectivity index is 0.00000184. The van der Waals surface area contributed by atoms with E-state index in [2.05, 4.69) is 146 Å². The molecule has 1 nitrogen and oxygen atoms in total. The molecule has 254 valence electrons. The average Bonchev–Trinajstić information content (AvgIpc) is 3.94. The zero-order valence-electron chi connectivity index (χ0n) is 30.7. The summed E-state index contributed by atoms with van der Waals surface area (Å²) < 4.78 is 0. The highest BCUT2D eigenvalue weighted by Crippen LogP contribution is 2.64. The summed E-state index contributed by atoms with van der Waals surface area (Å²) >= 11 is 0. The number of anilines is 2. The van der Waals surface area contributed by atoms with Gasteiger partial charge in [-0.25, -0.2) is 0 Å². The Labute approximate surface area is 305 Å². The van der Waals surface area contributed by atoms with Gasteiger partial charge in [-0.05, 0) is 101 Å². The molecule has 1 spiro atoms. The molecule has 0 aromatic heterocycles. The van der Waals surface area contributed by atoms with Crippen LogP contribution in [0.5, 0.6) is 0 Å². The number of allylic oxidation sites excluding steroid dienone is 10. The van der Waals surface area contributed by atoms with Crippen LogP contribution in [-0.4, -0.2) is 0 Å². The van der Waals surface area contributed by atoms with Crippen LogP contribution in [0.25, 0.3) is 28.0 Å². The highest BCUT2D eigenvalue weighted by molar-refractivity contribution is 6.09. The van der Waals surface area contributed by atoms with Gasteiger partial charge in [-0.15, -0.1) is 0 Å². The molecule has 0 unspecified atom stereocenters. The van der Waals surface area contributed by atoms with Crippen LogP contribution in [0.2, 0.25) is 0 Å². The molecule has 2 saturated carbocycles. The van der Waals surface area contributed by atoms with Crippen molar-refractivity contribution in [1.82, 2.24) is 0 Å². The summed E-state index contributed by atoms with van der Waals surface area (Å²) in [5, 5.41) is 2.55. The number of hydrogen-bond acceptors (Lipinski definition) is 1. The first-order chi connectivity index (χ1) is 25.0. The van der Waals surface area contributed by atoms with Crippen molar-refractivity contribution >= 4 is 28.2 Å². The van der Waals surface area contributed by atoms with E-state index in [0.29, 0.717) is 0 Å². The van der Waals surface area contributed by atoms with E-state index in [4.69, 9.17) is 0 Å². The van der Waals surface area contributed by atoms with E-state index in [1.807, 2.05) is 26.0 Å². The van der Waals surface area contributed by atoms with Gasteiger partial charge < -0.3 is 4.90 Å². The molecule has 0 heterocycles. The molecule has 0 amide bonds. The van der Waals surface area contributed by atoms with Gasteiger partial charge in [0.25, 0.3) is 0 Å². The standard InChI is InChI=1S/C48H43N.C2H6/c1-4-5-6-7-8-17-33-24-26-35(27-25-33)49(36-31-40-38-20-11-14-23-42(38)48(43(40)32-36)28-15-16-29-48)46-37-19-10-9-18-34(37)30-44-45(46)39-21-12-13-22-41(39)47(44,2)3;1-2/h4-6,8-10,12-13,17-27,30,32H,1,7,11,14-16,28-29H2,2-3H3;1-2H3/b6-5-,17-8?;. The fraction of sp³-hybridized carbons (Fsp3) is 0.260. The van der Waals surface area contributed by atoms with Gasteiger partial charge in [-0.3, -0.25) is 0 Å². The lowest BCUT2D eigenvalue weighted by atomic mass is 9.75. The van der Waals surface area contributed by atoms with Crippen molar-refractivity contribution in [3.8, 4) is 11.1 Å². The molecule has 0 bridgehead atoms. The predicted molar refractivity (Wildman–Crippen MR) is 219 cm³/mol. The molecule has 4 aromatic rings. The lowest BCUT2D eigenvalue weighted by Gasteiger charge is -2.31. The van der Waals surface area contributed by atoms with Crippen LogP contribution in [0.1, 0.15) is 89.3 Å². The van der Waals surface area contributed by atoms with Crippen molar-refractivity contribution in [3.63, 3.8) is 0 Å². The first-order valence-electron chi connectivity index (χ1n) is 19.2. The topological polar surface area (TPSA) is 3.24 Å². The summed E-state index contributed by atoms with van der Waals surface area (Å²) in [4.78, 5) is 2.55. The van der Waals surface area contributed by atoms with E-state index in [1.165, 1.54) is 92.4 Å². The number of rotatable bonds is 7. The third-order valence-electron chi connectivity index (χ3n) is 11.8. The van der Waals surface area contributed by atoms with Crippen molar-refractivity contribution in [2.24, 2.45) is 5.41 Å². The fourth-order valence-corrected chi connectivity index (χ4v) is 9.48. The smallest absolute Gasteiger partial charge is 0.0900 e. The zero-order valence-corrected chi connectivity index (χ0v) is 30.7. The lowest BCUT2D eigenvalue weighted by molar-refractivity contribution is 0.477. The van der Waals surface area contributed by atoms with E-state index < -0.39 is 0 Å². The zero-order chi connectivity index (χ0) is 35.2. The fourth-order valence-electron chi connectivity index (χ4n) is 9.48. The molecule has 0 radical (unpaired) electrons. The van der Waals surface area contributed by atoms with E-state index in [-0.39, 0.29) is 10.8 Å². The maximum absolute atomic E-state index is 4.10. The molecular formula is C50H49N. The maximum Gasteiger partial charge on any atom is 0.0900 e. The quantitative estimate of drug-likeness (QED) is 0.140. The summed E-state index contributed by atoms with van der Waals surface area (Å²) in [6, 6.07) is 29.6. The van der Waals surface area contributed by atoms with Gasteiger partial charge in [-0.1, -0.05) is 156 Å². The van der Waals surface area contributed by atoms with Crippen molar-refractivity contribution in [3.05, 3.63) is 178 Å². The molecule has 0 N–H and O–H groups in total. The lowest BCUT2D eigenvalue weighted by Crippen LogP contribution is -2.20. The maximum atomic E-state index is 4.10. The third-order valence-corrected chi connectivity index (χ3v) is 11.8. The number of hydrogen-bond donors (Lipinski definition) is 0. The Bertz CT molecular complexity index is 2260. The second-order valence-electron chi connectivity index (χ2n) is 14.8. The molecule has 0 atom stereocenters. The van der Waals surface area contributed by atoms with E-state index in [0.717, 1.165) is 25.0 Å². The summed E-state index contributed by atoms with van der Waals surface area (Å²) in [6.45, 7) is 12.6. The molecule has 0 aliphatic heterocycles. The van der Waals surface area contributed by atoms with Gasteiger partial charge in [0.05, 0.1) is 11.4 Å². The average molecular weight is 664 g/mol. The minimum Gasteiger partial charge on any atom is -0.302 e. The number of fused-ring (bicyclic) bond motifs is 9. The van der Waals surface area contributed by atoms with E-state index >= 15 is 0 Å². The number of benzene rings is 4. The highest BCUT2D eigenvalue weighted by Gasteiger charge is 2.51. The van der Waals surface area contributed by atoms with Crippen LogP contribution in [-0.2, 0) is 5.41 Å². The largest absolute Gasteiger partial charge is 0.302 e. The van der Waals surface area contributed by atoms with Gasteiger partial charge in [0.2, 0.25) is 0 Å². The molecule has 0 saturated heterocycles. The van der Waals surface area contributed by atoms with E-state index in [9.17, 15) is 0 Å². The third kappa shape index (κ3) is 5.21. The molecule has 51 heavy (non-hydrogen) atoms. The minimum absolute atomic E-state index is 0.108. The Morgan fingerprint density at radius 3 is 2.37 bits per heavy atom. The summed E-state index contributed by atoms with van der Waals surface area (Å²) in [5.41, 5.74) is 20.3. The SMILES string of the molecule is C=C/C=C\CC=Cc1ccc(N(C2=C=C3C4=CCCC=C4C4(CCCC4)C3=C2)c2c3c(cc4ccccc24)C(C)(C)c2ccccc2-3)cc1.CC. The van der Waals surface area contributed by atoms with E-state index in [1.54, 1.807) is 5.57 Å². The second kappa shape index (κ2) is 13.2. The molecule has 2 fully saturated rings. The van der Waals surface area contributed by atoms with Gasteiger partial charge in [0.15, 0.2) is 0 Å². The Morgan fingerprint density at radius 1 is 0.824 bits per heavy atom. The monoisotopic (exact) mass is 663 g/mol. The Kier molecular flexibility index (Phi) is 8.57. The number of nitrogens with zero attached hydrogens (tertiary/aromatic N) is 1. The Morgan fingerprint density at radius 2 is 1.57 bits per heavy atom. The highest BCUT2D eigenvalue weighted by atomic mass is 15.2. The van der Waals surface area contributed by atoms with Crippen LogP contribution in [0.4, 0.5) is 11.4 Å². The van der Waals surface area contributed by atoms with Crippen LogP contribution < -0.4 is 4.90 Å². The molecule has 5 aliphatic carbocycles. The van der Waals surface area contributed by atoms with Crippen LogP contribution in [0, 0.1) is 5.41 Å². The summed E-state index contributed by atoms with van der Waals surface area (Å²) in [7, 11) is 0. The van der Waals surface area contributed by atoms with Gasteiger partial charge in [0, 0.05) is 33.0 Å². The normalized spacial score (nSPS) is 18.7. The van der Waals surface area contributed by atoms with Gasteiger partial charge in [-0.2, -0.15) is 0 Å². The van der Waals surface area contributed by atoms with Crippen LogP contribution >= 0.6 is 0 Å². The molecule has 1 heteroatoms. The van der Waals surface area contributed by atoms with Crippen molar-refractivity contribution in [2.75, 3.05) is 4.90 Å². The van der Waals surface area contributed by atoms with Crippen LogP contribution in [0.15, 0.2) is 162 Å². The van der Waals surface area contributed by atoms with Crippen LogP contribution in [0.3, 0.4) is 0 Å².